The number of aromatic nitrogens is 1. The molecular formula is C25H31N3. The summed E-state index contributed by atoms with van der Waals surface area (Å²) in [4.78, 5) is 4.22. The normalized spacial score (nSPS) is 20.1. The number of hydrogen-bond donors (Lipinski definition) is 1. The number of dihydropyridines is 1. The second-order valence-corrected chi connectivity index (χ2v) is 7.72. The molecule has 3 heteroatoms. The first-order valence-corrected chi connectivity index (χ1v) is 9.93. The molecular weight excluding hydrogens is 342 g/mol. The smallest absolute Gasteiger partial charge is 0.0782 e. The van der Waals surface area contributed by atoms with Crippen molar-refractivity contribution >= 4 is 6.21 Å². The molecule has 0 saturated heterocycles. The Balaban J connectivity index is 1.94. The molecule has 1 N–H and O–H groups in total. The number of rotatable bonds is 5. The maximum absolute atomic E-state index is 4.22. The van der Waals surface area contributed by atoms with E-state index >= 15 is 0 Å². The van der Waals surface area contributed by atoms with Crippen molar-refractivity contribution in [2.45, 2.75) is 39.7 Å². The van der Waals surface area contributed by atoms with Crippen LogP contribution in [0.2, 0.25) is 0 Å². The van der Waals surface area contributed by atoms with Crippen LogP contribution in [0.3, 0.4) is 0 Å². The Bertz CT molecular complexity index is 965. The van der Waals surface area contributed by atoms with Gasteiger partial charge in [-0.15, -0.1) is 0 Å². The second kappa shape index (κ2) is 8.05. The minimum atomic E-state index is -0.242. The second-order valence-electron chi connectivity index (χ2n) is 7.72. The quantitative estimate of drug-likeness (QED) is 0.671. The largest absolute Gasteiger partial charge is 0.375 e. The number of allylic oxidation sites excluding steroid dienone is 5. The zero-order valence-electron chi connectivity index (χ0n) is 17.9. The summed E-state index contributed by atoms with van der Waals surface area (Å²) < 4.78 is 2.17. The van der Waals surface area contributed by atoms with E-state index in [-0.39, 0.29) is 5.54 Å². The number of aliphatic imine (C=N–C) groups is 1. The monoisotopic (exact) mass is 373 g/mol. The average molecular weight is 374 g/mol. The summed E-state index contributed by atoms with van der Waals surface area (Å²) in [5, 5.41) is 3.74. The van der Waals surface area contributed by atoms with Crippen LogP contribution >= 0.6 is 0 Å². The zero-order valence-corrected chi connectivity index (χ0v) is 17.9. The van der Waals surface area contributed by atoms with E-state index in [1.165, 1.54) is 39.2 Å². The topological polar surface area (TPSA) is 29.3 Å². The van der Waals surface area contributed by atoms with Crippen molar-refractivity contribution in [2.75, 3.05) is 7.05 Å². The van der Waals surface area contributed by atoms with E-state index in [1.54, 1.807) is 0 Å². The molecule has 0 bridgehead atoms. The molecule has 1 aromatic heterocycles. The zero-order chi connectivity index (χ0) is 20.3. The first-order chi connectivity index (χ1) is 13.4. The van der Waals surface area contributed by atoms with Gasteiger partial charge in [0.05, 0.1) is 5.54 Å². The van der Waals surface area contributed by atoms with Gasteiger partial charge in [-0.25, -0.2) is 0 Å². The molecule has 2 heterocycles. The maximum Gasteiger partial charge on any atom is 0.0782 e. The summed E-state index contributed by atoms with van der Waals surface area (Å²) >= 11 is 0. The molecule has 0 aliphatic carbocycles. The number of nitrogens with zero attached hydrogens (tertiary/aromatic N) is 2. The van der Waals surface area contributed by atoms with Crippen LogP contribution in [0.15, 0.2) is 76.6 Å². The standard InChI is InChI=1S/C25H31N3/c1-7-9-21(16-26-5)24-12-13-25(4,27-19(24)3)23-11-8-10-20(15-23)22-14-18(2)28(6)17-22/h8-17,27H,7H2,1-6H3/b21-9+,26-16?. The Labute approximate surface area is 169 Å². The van der Waals surface area contributed by atoms with Crippen molar-refractivity contribution in [2.24, 2.45) is 12.0 Å². The molecule has 1 atom stereocenters. The Morgan fingerprint density at radius 1 is 1.21 bits per heavy atom. The molecule has 3 nitrogen and oxygen atoms in total. The summed E-state index contributed by atoms with van der Waals surface area (Å²) in [5.74, 6) is 0. The van der Waals surface area contributed by atoms with Gasteiger partial charge in [-0.1, -0.05) is 43.4 Å². The third-order valence-corrected chi connectivity index (χ3v) is 5.49. The lowest BCUT2D eigenvalue weighted by Gasteiger charge is -2.34. The number of nitrogens with one attached hydrogen (secondary N) is 1. The van der Waals surface area contributed by atoms with Crippen LogP contribution in [0.5, 0.6) is 0 Å². The van der Waals surface area contributed by atoms with E-state index in [2.05, 4.69) is 104 Å². The van der Waals surface area contributed by atoms with Gasteiger partial charge < -0.3 is 9.88 Å². The van der Waals surface area contributed by atoms with Gasteiger partial charge in [-0.3, -0.25) is 4.99 Å². The van der Waals surface area contributed by atoms with Crippen molar-refractivity contribution in [1.82, 2.24) is 9.88 Å². The molecule has 3 rings (SSSR count). The van der Waals surface area contributed by atoms with Crippen LogP contribution in [0.1, 0.15) is 38.4 Å². The highest BCUT2D eigenvalue weighted by Crippen LogP contribution is 2.33. The molecule has 146 valence electrons. The van der Waals surface area contributed by atoms with Gasteiger partial charge >= 0.3 is 0 Å². The Kier molecular flexibility index (Phi) is 5.73. The maximum atomic E-state index is 4.22. The number of benzene rings is 1. The molecule has 2 aromatic rings. The van der Waals surface area contributed by atoms with Crippen molar-refractivity contribution < 1.29 is 0 Å². The van der Waals surface area contributed by atoms with Gasteiger partial charge in [0.1, 0.15) is 0 Å². The molecule has 1 aliphatic heterocycles. The van der Waals surface area contributed by atoms with E-state index in [0.717, 1.165) is 6.42 Å². The van der Waals surface area contributed by atoms with Gasteiger partial charge in [0.2, 0.25) is 0 Å². The van der Waals surface area contributed by atoms with Gasteiger partial charge in [0, 0.05) is 43.5 Å². The first kappa shape index (κ1) is 19.9. The van der Waals surface area contributed by atoms with E-state index < -0.39 is 0 Å². The van der Waals surface area contributed by atoms with Crippen LogP contribution in [-0.2, 0) is 12.6 Å². The lowest BCUT2D eigenvalue weighted by Crippen LogP contribution is -2.39. The Hall–Kier alpha value is -2.81. The van der Waals surface area contributed by atoms with Crippen molar-refractivity contribution in [3.63, 3.8) is 0 Å². The van der Waals surface area contributed by atoms with Crippen LogP contribution in [-0.4, -0.2) is 17.8 Å². The average Bonchev–Trinajstić information content (AvgIpc) is 3.01. The molecule has 1 aliphatic rings. The fraction of sp³-hybridized carbons (Fsp3) is 0.320. The van der Waals surface area contributed by atoms with Crippen molar-refractivity contribution in [3.8, 4) is 11.1 Å². The SMILES string of the molecule is CC/C=C(\C=NC)C1=C(C)NC(C)(c2cccc(-c3cc(C)n(C)c3)c2)C=C1. The molecule has 1 unspecified atom stereocenters. The summed E-state index contributed by atoms with van der Waals surface area (Å²) in [5.41, 5.74) is 8.32. The lowest BCUT2D eigenvalue weighted by molar-refractivity contribution is 0.499. The fourth-order valence-corrected chi connectivity index (χ4v) is 3.80. The highest BCUT2D eigenvalue weighted by molar-refractivity contribution is 5.86. The van der Waals surface area contributed by atoms with Crippen molar-refractivity contribution in [3.05, 3.63) is 82.9 Å². The first-order valence-electron chi connectivity index (χ1n) is 9.93. The van der Waals surface area contributed by atoms with Crippen LogP contribution in [0, 0.1) is 6.92 Å². The number of hydrogen-bond acceptors (Lipinski definition) is 2. The molecule has 0 radical (unpaired) electrons. The molecule has 0 saturated carbocycles. The minimum Gasteiger partial charge on any atom is -0.375 e. The minimum absolute atomic E-state index is 0.242. The third kappa shape index (κ3) is 3.89. The Morgan fingerprint density at radius 2 is 2.00 bits per heavy atom. The Morgan fingerprint density at radius 3 is 2.61 bits per heavy atom. The predicted octanol–water partition coefficient (Wildman–Crippen LogP) is 5.69. The van der Waals surface area contributed by atoms with E-state index in [1.807, 2.05) is 13.3 Å². The van der Waals surface area contributed by atoms with Gasteiger partial charge in [-0.2, -0.15) is 0 Å². The highest BCUT2D eigenvalue weighted by atomic mass is 15.0. The van der Waals surface area contributed by atoms with Crippen LogP contribution < -0.4 is 5.32 Å². The van der Waals surface area contributed by atoms with E-state index in [9.17, 15) is 0 Å². The van der Waals surface area contributed by atoms with E-state index in [0.29, 0.717) is 0 Å². The highest BCUT2D eigenvalue weighted by Gasteiger charge is 2.27. The molecule has 1 aromatic carbocycles. The van der Waals surface area contributed by atoms with Crippen molar-refractivity contribution in [1.29, 1.82) is 0 Å². The summed E-state index contributed by atoms with van der Waals surface area (Å²) in [7, 11) is 3.91. The molecule has 0 spiro atoms. The predicted molar refractivity (Wildman–Crippen MR) is 121 cm³/mol. The molecule has 0 fully saturated rings. The summed E-state index contributed by atoms with van der Waals surface area (Å²) in [6.07, 6.45) is 11.8. The van der Waals surface area contributed by atoms with Crippen LogP contribution in [0.4, 0.5) is 0 Å². The van der Waals surface area contributed by atoms with E-state index in [4.69, 9.17) is 0 Å². The number of aryl methyl sites for hydroxylation is 2. The van der Waals surface area contributed by atoms with Gasteiger partial charge in [-0.05, 0) is 61.6 Å². The summed E-state index contributed by atoms with van der Waals surface area (Å²) in [6, 6.07) is 11.1. The summed E-state index contributed by atoms with van der Waals surface area (Å²) in [6.45, 7) is 8.67. The van der Waals surface area contributed by atoms with Crippen LogP contribution in [0.25, 0.3) is 11.1 Å². The van der Waals surface area contributed by atoms with Gasteiger partial charge in [0.15, 0.2) is 0 Å². The fourth-order valence-electron chi connectivity index (χ4n) is 3.80. The van der Waals surface area contributed by atoms with Gasteiger partial charge in [0.25, 0.3) is 0 Å². The molecule has 0 amide bonds. The third-order valence-electron chi connectivity index (χ3n) is 5.49. The lowest BCUT2D eigenvalue weighted by atomic mass is 9.85. The molecule has 28 heavy (non-hydrogen) atoms.